The summed E-state index contributed by atoms with van der Waals surface area (Å²) in [5.74, 6) is 1.69. The first kappa shape index (κ1) is 23.2. The first-order chi connectivity index (χ1) is 18.2. The van der Waals surface area contributed by atoms with E-state index in [9.17, 15) is 4.79 Å². The molecule has 0 aliphatic carbocycles. The number of benzene rings is 2. The number of aromatic nitrogens is 2. The number of amides is 1. The molecule has 0 atom stereocenters. The van der Waals surface area contributed by atoms with Crippen LogP contribution in [0.4, 0.5) is 23.0 Å². The van der Waals surface area contributed by atoms with E-state index in [1.807, 2.05) is 66.9 Å². The summed E-state index contributed by atoms with van der Waals surface area (Å²) in [5.41, 5.74) is 3.36. The number of ether oxygens (including phenoxy) is 1. The van der Waals surface area contributed by atoms with Crippen molar-refractivity contribution in [2.45, 2.75) is 0 Å². The fourth-order valence-electron chi connectivity index (χ4n) is 4.99. The highest BCUT2D eigenvalue weighted by molar-refractivity contribution is 6.13. The minimum Gasteiger partial charge on any atom is -0.378 e. The van der Waals surface area contributed by atoms with E-state index in [4.69, 9.17) is 9.72 Å². The van der Waals surface area contributed by atoms with Gasteiger partial charge in [-0.15, -0.1) is 0 Å². The lowest BCUT2D eigenvalue weighted by Crippen LogP contribution is -2.47. The lowest BCUT2D eigenvalue weighted by molar-refractivity contribution is 0.102. The zero-order valence-corrected chi connectivity index (χ0v) is 20.7. The molecule has 2 aliphatic rings. The zero-order chi connectivity index (χ0) is 25.0. The van der Waals surface area contributed by atoms with Crippen LogP contribution in [0, 0.1) is 0 Å². The zero-order valence-electron chi connectivity index (χ0n) is 20.7. The molecule has 0 radical (unpaired) electrons. The summed E-state index contributed by atoms with van der Waals surface area (Å²) in [7, 11) is 0. The van der Waals surface area contributed by atoms with Gasteiger partial charge in [0.1, 0.15) is 11.6 Å². The Morgan fingerprint density at radius 1 is 0.757 bits per heavy atom. The molecule has 0 spiro atoms. The van der Waals surface area contributed by atoms with Gasteiger partial charge in [0.25, 0.3) is 5.91 Å². The maximum Gasteiger partial charge on any atom is 0.256 e. The number of morpholine rings is 1. The largest absolute Gasteiger partial charge is 0.378 e. The number of hydrogen-bond acceptors (Lipinski definition) is 7. The highest BCUT2D eigenvalue weighted by Gasteiger charge is 2.22. The molecule has 4 aromatic rings. The van der Waals surface area contributed by atoms with Crippen LogP contribution in [0.2, 0.25) is 0 Å². The van der Waals surface area contributed by atoms with Crippen molar-refractivity contribution in [2.24, 2.45) is 0 Å². The number of nitrogens with one attached hydrogen (secondary N) is 1. The van der Waals surface area contributed by atoms with Crippen LogP contribution < -0.4 is 20.0 Å². The van der Waals surface area contributed by atoms with Crippen LogP contribution in [0.15, 0.2) is 79.0 Å². The van der Waals surface area contributed by atoms with Crippen molar-refractivity contribution in [2.75, 3.05) is 72.5 Å². The third-order valence-electron chi connectivity index (χ3n) is 7.03. The number of piperazine rings is 1. The Morgan fingerprint density at radius 2 is 1.46 bits per heavy atom. The van der Waals surface area contributed by atoms with Crippen LogP contribution in [0.3, 0.4) is 0 Å². The standard InChI is InChI=1S/C29H30N6O2/c36-29(31-22-8-10-23(11-9-22)33-17-19-37-20-18-33)25-21-28(32-26-6-2-1-5-24(25)26)35-15-13-34(14-16-35)27-7-3-4-12-30-27/h1-12,21H,13-20H2,(H,31,36). The number of nitrogens with zero attached hydrogens (tertiary/aromatic N) is 5. The normalized spacial score (nSPS) is 16.2. The number of pyridine rings is 2. The molecule has 2 aromatic heterocycles. The predicted molar refractivity (Wildman–Crippen MR) is 148 cm³/mol. The average Bonchev–Trinajstić information content (AvgIpc) is 2.98. The van der Waals surface area contributed by atoms with Gasteiger partial charge in [-0.1, -0.05) is 24.3 Å². The Balaban J connectivity index is 1.21. The van der Waals surface area contributed by atoms with Gasteiger partial charge >= 0.3 is 0 Å². The summed E-state index contributed by atoms with van der Waals surface area (Å²) in [5, 5.41) is 3.94. The van der Waals surface area contributed by atoms with Gasteiger partial charge < -0.3 is 24.8 Å². The quantitative estimate of drug-likeness (QED) is 0.449. The molecule has 1 amide bonds. The Kier molecular flexibility index (Phi) is 6.56. The monoisotopic (exact) mass is 494 g/mol. The highest BCUT2D eigenvalue weighted by atomic mass is 16.5. The van der Waals surface area contributed by atoms with E-state index in [2.05, 4.69) is 37.1 Å². The number of carbonyl (C=O) groups excluding carboxylic acids is 1. The molecule has 4 heterocycles. The summed E-state index contributed by atoms with van der Waals surface area (Å²) in [6, 6.07) is 23.8. The Hall–Kier alpha value is -4.17. The van der Waals surface area contributed by atoms with Gasteiger partial charge in [0.15, 0.2) is 0 Å². The first-order valence-corrected chi connectivity index (χ1v) is 12.8. The molecule has 37 heavy (non-hydrogen) atoms. The summed E-state index contributed by atoms with van der Waals surface area (Å²) in [6.45, 7) is 6.58. The van der Waals surface area contributed by atoms with E-state index >= 15 is 0 Å². The predicted octanol–water partition coefficient (Wildman–Crippen LogP) is 4.05. The topological polar surface area (TPSA) is 73.8 Å². The van der Waals surface area contributed by atoms with E-state index in [1.165, 1.54) is 0 Å². The Morgan fingerprint density at radius 3 is 2.19 bits per heavy atom. The fraction of sp³-hybridized carbons (Fsp3) is 0.276. The van der Waals surface area contributed by atoms with Gasteiger partial charge in [-0.2, -0.15) is 0 Å². The molecule has 2 aliphatic heterocycles. The molecule has 188 valence electrons. The van der Waals surface area contributed by atoms with Crippen molar-refractivity contribution >= 4 is 39.8 Å². The third kappa shape index (κ3) is 5.06. The van der Waals surface area contributed by atoms with Crippen LogP contribution in [0.5, 0.6) is 0 Å². The molecule has 0 unspecified atom stereocenters. The van der Waals surface area contributed by atoms with Crippen LogP contribution in [-0.2, 0) is 4.74 Å². The SMILES string of the molecule is O=C(Nc1ccc(N2CCOCC2)cc1)c1cc(N2CCN(c3ccccn3)CC2)nc2ccccc12. The van der Waals surface area contributed by atoms with Crippen molar-refractivity contribution in [1.29, 1.82) is 0 Å². The Bertz CT molecular complexity index is 1360. The number of hydrogen-bond donors (Lipinski definition) is 1. The molecular formula is C29H30N6O2. The smallest absolute Gasteiger partial charge is 0.256 e. The number of anilines is 4. The van der Waals surface area contributed by atoms with Crippen LogP contribution in [0.1, 0.15) is 10.4 Å². The molecule has 8 heteroatoms. The molecule has 6 rings (SSSR count). The van der Waals surface area contributed by atoms with E-state index in [-0.39, 0.29) is 5.91 Å². The maximum absolute atomic E-state index is 13.5. The van der Waals surface area contributed by atoms with E-state index in [1.54, 1.807) is 0 Å². The summed E-state index contributed by atoms with van der Waals surface area (Å²) >= 11 is 0. The first-order valence-electron chi connectivity index (χ1n) is 12.8. The third-order valence-corrected chi connectivity index (χ3v) is 7.03. The van der Waals surface area contributed by atoms with Crippen LogP contribution >= 0.6 is 0 Å². The Labute approximate surface area is 216 Å². The van der Waals surface area contributed by atoms with Crippen molar-refractivity contribution in [3.8, 4) is 0 Å². The maximum atomic E-state index is 13.5. The minimum atomic E-state index is -0.133. The van der Waals surface area contributed by atoms with E-state index in [0.717, 1.165) is 86.4 Å². The molecule has 1 N–H and O–H groups in total. The highest BCUT2D eigenvalue weighted by Crippen LogP contribution is 2.26. The fourth-order valence-corrected chi connectivity index (χ4v) is 4.99. The van der Waals surface area contributed by atoms with E-state index in [0.29, 0.717) is 5.56 Å². The van der Waals surface area contributed by atoms with Crippen molar-refractivity contribution < 1.29 is 9.53 Å². The van der Waals surface area contributed by atoms with Gasteiger partial charge in [0, 0.05) is 62.2 Å². The number of fused-ring (bicyclic) bond motifs is 1. The average molecular weight is 495 g/mol. The molecule has 8 nitrogen and oxygen atoms in total. The van der Waals surface area contributed by atoms with Crippen molar-refractivity contribution in [3.63, 3.8) is 0 Å². The molecular weight excluding hydrogens is 464 g/mol. The summed E-state index contributed by atoms with van der Waals surface area (Å²) in [4.78, 5) is 29.7. The second-order valence-corrected chi connectivity index (χ2v) is 9.31. The molecule has 2 saturated heterocycles. The van der Waals surface area contributed by atoms with Crippen LogP contribution in [0.25, 0.3) is 10.9 Å². The molecule has 2 fully saturated rings. The summed E-state index contributed by atoms with van der Waals surface area (Å²) < 4.78 is 5.45. The molecule has 0 bridgehead atoms. The molecule has 2 aromatic carbocycles. The lowest BCUT2D eigenvalue weighted by Gasteiger charge is -2.36. The minimum absolute atomic E-state index is 0.133. The molecule has 0 saturated carbocycles. The summed E-state index contributed by atoms with van der Waals surface area (Å²) in [6.07, 6.45) is 1.83. The van der Waals surface area contributed by atoms with Crippen LogP contribution in [-0.4, -0.2) is 68.4 Å². The van der Waals surface area contributed by atoms with Gasteiger partial charge in [0.2, 0.25) is 0 Å². The van der Waals surface area contributed by atoms with Gasteiger partial charge in [-0.3, -0.25) is 4.79 Å². The number of para-hydroxylation sites is 1. The van der Waals surface area contributed by atoms with Crippen molar-refractivity contribution in [1.82, 2.24) is 9.97 Å². The second kappa shape index (κ2) is 10.4. The van der Waals surface area contributed by atoms with Gasteiger partial charge in [0.05, 0.1) is 24.3 Å². The lowest BCUT2D eigenvalue weighted by atomic mass is 10.1. The van der Waals surface area contributed by atoms with Gasteiger partial charge in [-0.25, -0.2) is 9.97 Å². The number of rotatable bonds is 5. The van der Waals surface area contributed by atoms with E-state index < -0.39 is 0 Å². The van der Waals surface area contributed by atoms with Crippen molar-refractivity contribution in [3.05, 3.63) is 84.6 Å². The second-order valence-electron chi connectivity index (χ2n) is 9.31. The number of carbonyl (C=O) groups is 1. The van der Waals surface area contributed by atoms with Gasteiger partial charge in [-0.05, 0) is 48.5 Å².